The molecule has 0 atom stereocenters. The Balaban J connectivity index is 1.15. The van der Waals surface area contributed by atoms with E-state index in [1.807, 2.05) is 0 Å². The number of halogens is 4. The highest BCUT2D eigenvalue weighted by molar-refractivity contribution is 6.08. The van der Waals surface area contributed by atoms with E-state index in [9.17, 15) is 13.6 Å². The fraction of sp³-hybridized carbons (Fsp3) is 0.351. The molecule has 0 spiro atoms. The van der Waals surface area contributed by atoms with Gasteiger partial charge < -0.3 is 21.2 Å². The van der Waals surface area contributed by atoms with Crippen molar-refractivity contribution in [1.29, 1.82) is 5.41 Å². The molecular formula is C37H37F4N5O2. The topological polar surface area (TPSA) is 114 Å². The van der Waals surface area contributed by atoms with Crippen LogP contribution >= 0.6 is 0 Å². The normalized spacial score (nSPS) is 19.3. The van der Waals surface area contributed by atoms with Crippen molar-refractivity contribution in [2.75, 3.05) is 13.2 Å². The summed E-state index contributed by atoms with van der Waals surface area (Å²) in [7, 11) is 0. The molecule has 250 valence electrons. The number of nitrogens with zero attached hydrogens (tertiary/aromatic N) is 2. The van der Waals surface area contributed by atoms with E-state index in [4.69, 9.17) is 20.9 Å². The zero-order valence-corrected chi connectivity index (χ0v) is 26.3. The predicted octanol–water partition coefficient (Wildman–Crippen LogP) is 7.43. The van der Waals surface area contributed by atoms with Crippen molar-refractivity contribution in [3.05, 3.63) is 101 Å². The summed E-state index contributed by atoms with van der Waals surface area (Å²) in [5.74, 6) is -6.17. The van der Waals surface area contributed by atoms with Gasteiger partial charge in [0.05, 0.1) is 22.9 Å². The number of nitrogens with two attached hydrogens (primary N) is 1. The quantitative estimate of drug-likeness (QED) is 0.121. The van der Waals surface area contributed by atoms with Crippen molar-refractivity contribution in [2.45, 2.75) is 62.8 Å². The molecule has 1 saturated carbocycles. The second-order valence-corrected chi connectivity index (χ2v) is 12.6. The Morgan fingerprint density at radius 2 is 1.69 bits per heavy atom. The number of fused-ring (bicyclic) bond motifs is 1. The molecule has 0 bridgehead atoms. The fourth-order valence-corrected chi connectivity index (χ4v) is 6.70. The largest absolute Gasteiger partial charge is 0.388 e. The van der Waals surface area contributed by atoms with Gasteiger partial charge in [-0.3, -0.25) is 9.78 Å². The van der Waals surface area contributed by atoms with Crippen molar-refractivity contribution in [3.63, 3.8) is 0 Å². The number of carbonyl (C=O) groups is 1. The summed E-state index contributed by atoms with van der Waals surface area (Å²) < 4.78 is 63.9. The average Bonchev–Trinajstić information content (AvgIpc) is 3.10. The standard InChI is InChI=1S/C37H37F4N5O2/c38-31-17-25(18-32(39)30(31)16-22-12-14-48-15-13-22)29-2-1-3-33-35(29)46-34(21-45-33)26(19-42)20-44-28-10-6-24(7-11-28)23-4-8-27(9-5-23)37(40,41)36(43)47/h1-5,8-9,17-22,24,28,42,44H,6-7,10-16H2,(H2,43,47)/b26-20+,42-19?. The van der Waals surface area contributed by atoms with Gasteiger partial charge in [-0.05, 0) is 86.1 Å². The van der Waals surface area contributed by atoms with Crippen LogP contribution in [0.15, 0.2) is 67.0 Å². The van der Waals surface area contributed by atoms with Crippen molar-refractivity contribution in [2.24, 2.45) is 11.7 Å². The van der Waals surface area contributed by atoms with Gasteiger partial charge in [0.15, 0.2) is 0 Å². The van der Waals surface area contributed by atoms with Crippen LogP contribution in [0.1, 0.15) is 66.8 Å². The molecule has 7 nitrogen and oxygen atoms in total. The van der Waals surface area contributed by atoms with Crippen LogP contribution in [0, 0.1) is 23.0 Å². The number of allylic oxidation sites excluding steroid dienone is 1. The monoisotopic (exact) mass is 659 g/mol. The zero-order valence-electron chi connectivity index (χ0n) is 26.3. The first-order valence-electron chi connectivity index (χ1n) is 16.2. The maximum absolute atomic E-state index is 15.3. The van der Waals surface area contributed by atoms with Gasteiger partial charge in [0.25, 0.3) is 5.91 Å². The molecule has 4 N–H and O–H groups in total. The van der Waals surface area contributed by atoms with E-state index in [0.717, 1.165) is 44.1 Å². The first-order chi connectivity index (χ1) is 23.1. The Hall–Kier alpha value is -4.64. The number of aromatic nitrogens is 2. The first kappa shape index (κ1) is 33.3. The van der Waals surface area contributed by atoms with Crippen LogP contribution in [-0.2, 0) is 21.9 Å². The lowest BCUT2D eigenvalue weighted by molar-refractivity contribution is -0.143. The predicted molar refractivity (Wildman–Crippen MR) is 177 cm³/mol. The van der Waals surface area contributed by atoms with Gasteiger partial charge in [-0.1, -0.05) is 36.4 Å². The van der Waals surface area contributed by atoms with Crippen LogP contribution in [0.25, 0.3) is 27.7 Å². The number of para-hydroxylation sites is 1. The van der Waals surface area contributed by atoms with Crippen LogP contribution < -0.4 is 11.1 Å². The van der Waals surface area contributed by atoms with Gasteiger partial charge in [-0.2, -0.15) is 8.78 Å². The molecule has 1 aromatic heterocycles. The molecule has 1 amide bonds. The van der Waals surface area contributed by atoms with Gasteiger partial charge in [0.2, 0.25) is 0 Å². The minimum atomic E-state index is -3.71. The van der Waals surface area contributed by atoms with Crippen LogP contribution in [0.5, 0.6) is 0 Å². The van der Waals surface area contributed by atoms with E-state index >= 15 is 8.78 Å². The van der Waals surface area contributed by atoms with E-state index in [2.05, 4.69) is 10.3 Å². The van der Waals surface area contributed by atoms with Crippen molar-refractivity contribution < 1.29 is 27.1 Å². The summed E-state index contributed by atoms with van der Waals surface area (Å²) in [6.45, 7) is 1.21. The number of nitrogens with one attached hydrogen (secondary N) is 2. The molecule has 1 saturated heterocycles. The third-order valence-corrected chi connectivity index (χ3v) is 9.57. The van der Waals surface area contributed by atoms with Gasteiger partial charge in [-0.25, -0.2) is 13.8 Å². The number of ether oxygens (including phenoxy) is 1. The van der Waals surface area contributed by atoms with E-state index in [1.54, 1.807) is 42.7 Å². The lowest BCUT2D eigenvalue weighted by atomic mass is 9.81. The first-order valence-corrected chi connectivity index (χ1v) is 16.2. The number of amides is 1. The summed E-state index contributed by atoms with van der Waals surface area (Å²) in [6.07, 6.45) is 9.69. The number of hydrogen-bond donors (Lipinski definition) is 3. The van der Waals surface area contributed by atoms with Crippen molar-refractivity contribution in [3.8, 4) is 11.1 Å². The molecule has 2 aliphatic rings. The Morgan fingerprint density at radius 1 is 1.00 bits per heavy atom. The van der Waals surface area contributed by atoms with Gasteiger partial charge in [0, 0.05) is 53.9 Å². The number of alkyl halides is 2. The highest BCUT2D eigenvalue weighted by Crippen LogP contribution is 2.36. The number of carbonyl (C=O) groups excluding carboxylic acids is 1. The van der Waals surface area contributed by atoms with Gasteiger partial charge in [-0.15, -0.1) is 0 Å². The summed E-state index contributed by atoms with van der Waals surface area (Å²) in [5.41, 5.74) is 8.33. The van der Waals surface area contributed by atoms with Gasteiger partial charge in [0.1, 0.15) is 11.6 Å². The Labute approximate surface area is 276 Å². The summed E-state index contributed by atoms with van der Waals surface area (Å²) in [5, 5.41) is 11.5. The average molecular weight is 660 g/mol. The molecule has 48 heavy (non-hydrogen) atoms. The maximum atomic E-state index is 15.3. The van der Waals surface area contributed by atoms with Gasteiger partial charge >= 0.3 is 5.92 Å². The van der Waals surface area contributed by atoms with Crippen molar-refractivity contribution in [1.82, 2.24) is 15.3 Å². The smallest absolute Gasteiger partial charge is 0.349 e. The fourth-order valence-electron chi connectivity index (χ4n) is 6.70. The Bertz CT molecular complexity index is 1810. The zero-order chi connectivity index (χ0) is 33.8. The molecule has 4 aromatic rings. The molecule has 0 radical (unpaired) electrons. The van der Waals surface area contributed by atoms with E-state index < -0.39 is 29.0 Å². The number of primary amides is 1. The SMILES string of the molecule is N=C/C(=C\NC1CCC(c2ccc(C(F)(F)C(N)=O)cc2)CC1)c1cnc2cccc(-c3cc(F)c(CC4CCOCC4)c(F)c3)c2n1. The second kappa shape index (κ2) is 14.2. The molecule has 6 rings (SSSR count). The lowest BCUT2D eigenvalue weighted by Crippen LogP contribution is -2.33. The molecule has 0 unspecified atom stereocenters. The van der Waals surface area contributed by atoms with Crippen LogP contribution in [0.3, 0.4) is 0 Å². The summed E-state index contributed by atoms with van der Waals surface area (Å²) in [6, 6.07) is 13.9. The van der Waals surface area contributed by atoms with Crippen LogP contribution in [0.4, 0.5) is 17.6 Å². The summed E-state index contributed by atoms with van der Waals surface area (Å²) >= 11 is 0. The summed E-state index contributed by atoms with van der Waals surface area (Å²) in [4.78, 5) is 20.4. The van der Waals surface area contributed by atoms with Crippen LogP contribution in [-0.4, -0.2) is 41.3 Å². The molecule has 3 aromatic carbocycles. The maximum Gasteiger partial charge on any atom is 0.349 e. The molecular weight excluding hydrogens is 622 g/mol. The molecule has 1 aliphatic heterocycles. The lowest BCUT2D eigenvalue weighted by Gasteiger charge is -2.29. The van der Waals surface area contributed by atoms with E-state index in [0.29, 0.717) is 53.1 Å². The third-order valence-electron chi connectivity index (χ3n) is 9.57. The second-order valence-electron chi connectivity index (χ2n) is 12.6. The number of rotatable bonds is 10. The number of benzene rings is 3. The third kappa shape index (κ3) is 7.11. The Kier molecular flexibility index (Phi) is 9.86. The van der Waals surface area contributed by atoms with Crippen LogP contribution in [0.2, 0.25) is 0 Å². The Morgan fingerprint density at radius 3 is 2.33 bits per heavy atom. The van der Waals surface area contributed by atoms with E-state index in [-0.39, 0.29) is 23.4 Å². The highest BCUT2D eigenvalue weighted by Gasteiger charge is 2.38. The minimum absolute atomic E-state index is 0.0922. The number of hydrogen-bond acceptors (Lipinski definition) is 6. The highest BCUT2D eigenvalue weighted by atomic mass is 19.3. The van der Waals surface area contributed by atoms with E-state index in [1.165, 1.54) is 30.5 Å². The molecule has 2 heterocycles. The molecule has 2 fully saturated rings. The van der Waals surface area contributed by atoms with Crippen molar-refractivity contribution >= 4 is 28.7 Å². The molecule has 11 heteroatoms. The molecule has 1 aliphatic carbocycles. The minimum Gasteiger partial charge on any atom is -0.388 e.